The Hall–Kier alpha value is -3.93. The van der Waals surface area contributed by atoms with Gasteiger partial charge in [0.25, 0.3) is 0 Å². The minimum Gasteiger partial charge on any atom is -0.453 e. The van der Waals surface area contributed by atoms with Crippen LogP contribution in [-0.4, -0.2) is 57.4 Å². The van der Waals surface area contributed by atoms with Crippen molar-refractivity contribution >= 4 is 27.7 Å². The summed E-state index contributed by atoms with van der Waals surface area (Å²) in [5.41, 5.74) is 7.78. The smallest absolute Gasteiger partial charge is 0.407 e. The molecule has 220 valence electrons. The van der Waals surface area contributed by atoms with Gasteiger partial charge in [-0.05, 0) is 61.6 Å². The highest BCUT2D eigenvalue weighted by Crippen LogP contribution is 2.28. The second-order valence-corrected chi connectivity index (χ2v) is 11.5. The maximum atomic E-state index is 13.6. The van der Waals surface area contributed by atoms with Gasteiger partial charge in [0.15, 0.2) is 0 Å². The van der Waals surface area contributed by atoms with E-state index in [0.29, 0.717) is 24.9 Å². The number of anilines is 1. The molecule has 0 saturated heterocycles. The molecule has 11 heteroatoms. The molecule has 0 aromatic heterocycles. The molecule has 3 aromatic rings. The van der Waals surface area contributed by atoms with E-state index in [1.54, 1.807) is 0 Å². The predicted octanol–water partition coefficient (Wildman–Crippen LogP) is 3.14. The Morgan fingerprint density at radius 2 is 1.44 bits per heavy atom. The van der Waals surface area contributed by atoms with Crippen LogP contribution in [0.4, 0.5) is 10.5 Å². The average molecular weight is 583 g/mol. The number of methoxy groups -OCH3 is 1. The van der Waals surface area contributed by atoms with Crippen molar-refractivity contribution in [3.8, 4) is 0 Å². The van der Waals surface area contributed by atoms with E-state index in [-0.39, 0.29) is 23.5 Å². The van der Waals surface area contributed by atoms with E-state index in [1.165, 1.54) is 31.4 Å². The molecule has 0 radical (unpaired) electrons. The summed E-state index contributed by atoms with van der Waals surface area (Å²) >= 11 is 0. The van der Waals surface area contributed by atoms with Gasteiger partial charge >= 0.3 is 6.09 Å². The average Bonchev–Trinajstić information content (AvgIpc) is 2.97. The van der Waals surface area contributed by atoms with Gasteiger partial charge in [0.2, 0.25) is 15.9 Å². The van der Waals surface area contributed by atoms with Gasteiger partial charge in [0.05, 0.1) is 18.6 Å². The molecule has 0 fully saturated rings. The summed E-state index contributed by atoms with van der Waals surface area (Å²) < 4.78 is 32.7. The maximum Gasteiger partial charge on any atom is 0.407 e. The summed E-state index contributed by atoms with van der Waals surface area (Å²) in [4.78, 5) is 25.9. The third-order valence-electron chi connectivity index (χ3n) is 6.70. The highest BCUT2D eigenvalue weighted by Gasteiger charge is 2.33. The Labute approximate surface area is 241 Å². The van der Waals surface area contributed by atoms with Crippen LogP contribution in [0.25, 0.3) is 0 Å². The van der Waals surface area contributed by atoms with E-state index in [2.05, 4.69) is 15.4 Å². The van der Waals surface area contributed by atoms with E-state index in [0.717, 1.165) is 11.1 Å². The van der Waals surface area contributed by atoms with Crippen molar-refractivity contribution in [1.82, 2.24) is 15.4 Å². The monoisotopic (exact) mass is 582 g/mol. The molecule has 0 aliphatic rings. The first-order valence-electron chi connectivity index (χ1n) is 13.4. The molecular weight excluding hydrogens is 544 g/mol. The van der Waals surface area contributed by atoms with Crippen LogP contribution in [0.1, 0.15) is 43.2 Å². The number of nitrogen functional groups attached to an aromatic ring is 1. The van der Waals surface area contributed by atoms with Crippen LogP contribution >= 0.6 is 0 Å². The maximum absolute atomic E-state index is 13.6. The zero-order chi connectivity index (χ0) is 29.8. The molecule has 41 heavy (non-hydrogen) atoms. The lowest BCUT2D eigenvalue weighted by Crippen LogP contribution is -2.52. The normalized spacial score (nSPS) is 13.7. The van der Waals surface area contributed by atoms with Crippen LogP contribution in [0.15, 0.2) is 89.8 Å². The number of sulfonamides is 1. The Morgan fingerprint density at radius 1 is 0.878 bits per heavy atom. The summed E-state index contributed by atoms with van der Waals surface area (Å²) in [6.07, 6.45) is 0.657. The second kappa shape index (κ2) is 15.2. The fraction of sp³-hybridized carbons (Fsp3) is 0.333. The molecule has 0 unspecified atom stereocenters. The molecule has 3 aromatic carbocycles. The Balaban J connectivity index is 1.67. The standard InChI is InChI=1S/C30H38N4O6S/c1-21(10-9-15-25(20-35)34-41(38,39)26-18-16-24(31)17-19-26)32-29(36)28(33-30(37)40-2)27(22-11-5-3-6-12-22)23-13-7-4-8-14-23/h3-8,11-14,16-19,21,25,27-28,34-35H,9-10,15,20,31H2,1-2H3,(H,32,36)(H,33,37)/t21-,25-,28-/m0/s1. The van der Waals surface area contributed by atoms with Crippen molar-refractivity contribution in [3.05, 3.63) is 96.1 Å². The summed E-state index contributed by atoms with van der Waals surface area (Å²) in [6.45, 7) is 1.45. The highest BCUT2D eigenvalue weighted by molar-refractivity contribution is 7.89. The second-order valence-electron chi connectivity index (χ2n) is 9.82. The van der Waals surface area contributed by atoms with Gasteiger partial charge in [-0.15, -0.1) is 0 Å². The summed E-state index contributed by atoms with van der Waals surface area (Å²) in [7, 11) is -2.59. The van der Waals surface area contributed by atoms with Gasteiger partial charge in [0, 0.05) is 23.7 Å². The van der Waals surface area contributed by atoms with Crippen LogP contribution < -0.4 is 21.1 Å². The fourth-order valence-corrected chi connectivity index (χ4v) is 5.84. The van der Waals surface area contributed by atoms with Gasteiger partial charge in [0.1, 0.15) is 6.04 Å². The van der Waals surface area contributed by atoms with Gasteiger partial charge in [-0.3, -0.25) is 4.79 Å². The molecule has 0 saturated carbocycles. The van der Waals surface area contributed by atoms with Crippen molar-refractivity contribution < 1.29 is 27.9 Å². The number of alkyl carbamates (subject to hydrolysis) is 1. The van der Waals surface area contributed by atoms with Crippen LogP contribution in [-0.2, 0) is 19.6 Å². The molecule has 0 aliphatic heterocycles. The third kappa shape index (κ3) is 9.31. The molecule has 3 rings (SSSR count). The fourth-order valence-electron chi connectivity index (χ4n) is 4.58. The van der Waals surface area contributed by atoms with E-state index >= 15 is 0 Å². The topological polar surface area (TPSA) is 160 Å². The first-order chi connectivity index (χ1) is 19.6. The number of aliphatic hydroxyl groups is 1. The number of amides is 2. The number of hydrogen-bond acceptors (Lipinski definition) is 7. The number of nitrogens with two attached hydrogens (primary N) is 1. The highest BCUT2D eigenvalue weighted by atomic mass is 32.2. The summed E-state index contributed by atoms with van der Waals surface area (Å²) in [5, 5.41) is 15.5. The first-order valence-corrected chi connectivity index (χ1v) is 14.9. The minimum atomic E-state index is -3.83. The molecule has 0 aliphatic carbocycles. The quantitative estimate of drug-likeness (QED) is 0.183. The lowest BCUT2D eigenvalue weighted by molar-refractivity contribution is -0.124. The SMILES string of the molecule is COC(=O)N[C@H](C(=O)N[C@@H](C)CCC[C@@H](CO)NS(=O)(=O)c1ccc(N)cc1)C(c1ccccc1)c1ccccc1. The van der Waals surface area contributed by atoms with Crippen LogP contribution in [0.3, 0.4) is 0 Å². The van der Waals surface area contributed by atoms with Crippen molar-refractivity contribution in [3.63, 3.8) is 0 Å². The van der Waals surface area contributed by atoms with Gasteiger partial charge in [-0.25, -0.2) is 17.9 Å². The van der Waals surface area contributed by atoms with E-state index in [4.69, 9.17) is 10.5 Å². The van der Waals surface area contributed by atoms with E-state index in [9.17, 15) is 23.1 Å². The number of carbonyl (C=O) groups excluding carboxylic acids is 2. The summed E-state index contributed by atoms with van der Waals surface area (Å²) in [6, 6.07) is 22.7. The van der Waals surface area contributed by atoms with E-state index < -0.39 is 34.1 Å². The molecule has 0 bridgehead atoms. The molecule has 6 N–H and O–H groups in total. The Kier molecular flexibility index (Phi) is 11.7. The molecule has 10 nitrogen and oxygen atoms in total. The Morgan fingerprint density at radius 3 is 1.95 bits per heavy atom. The van der Waals surface area contributed by atoms with Gasteiger partial charge in [-0.2, -0.15) is 0 Å². The van der Waals surface area contributed by atoms with Gasteiger partial charge in [-0.1, -0.05) is 60.7 Å². The van der Waals surface area contributed by atoms with Crippen LogP contribution in [0.5, 0.6) is 0 Å². The third-order valence-corrected chi connectivity index (χ3v) is 8.24. The van der Waals surface area contributed by atoms with Crippen molar-refractivity contribution in [2.24, 2.45) is 0 Å². The minimum absolute atomic E-state index is 0.0568. The number of rotatable bonds is 14. The lowest BCUT2D eigenvalue weighted by atomic mass is 9.84. The number of carbonyl (C=O) groups is 2. The summed E-state index contributed by atoms with van der Waals surface area (Å²) in [5.74, 6) is -0.867. The number of nitrogens with one attached hydrogen (secondary N) is 3. The number of ether oxygens (including phenoxy) is 1. The zero-order valence-electron chi connectivity index (χ0n) is 23.2. The van der Waals surface area contributed by atoms with Crippen molar-refractivity contribution in [2.45, 2.75) is 55.1 Å². The number of hydrogen-bond donors (Lipinski definition) is 5. The van der Waals surface area contributed by atoms with Crippen LogP contribution in [0.2, 0.25) is 0 Å². The zero-order valence-corrected chi connectivity index (χ0v) is 24.0. The van der Waals surface area contributed by atoms with E-state index in [1.807, 2.05) is 67.6 Å². The van der Waals surface area contributed by atoms with Crippen molar-refractivity contribution in [1.29, 1.82) is 0 Å². The molecule has 0 heterocycles. The molecule has 2 amide bonds. The predicted molar refractivity (Wildman–Crippen MR) is 158 cm³/mol. The number of aliphatic hydroxyl groups excluding tert-OH is 1. The van der Waals surface area contributed by atoms with Crippen molar-refractivity contribution in [2.75, 3.05) is 19.5 Å². The first kappa shape index (κ1) is 31.6. The lowest BCUT2D eigenvalue weighted by Gasteiger charge is -2.29. The van der Waals surface area contributed by atoms with Gasteiger partial charge < -0.3 is 26.2 Å². The molecular formula is C30H38N4O6S. The molecule has 0 spiro atoms. The Bertz CT molecular complexity index is 1320. The largest absolute Gasteiger partial charge is 0.453 e. The van der Waals surface area contributed by atoms with Crippen LogP contribution in [0, 0.1) is 0 Å². The number of benzene rings is 3. The molecule has 3 atom stereocenters.